The lowest BCUT2D eigenvalue weighted by Gasteiger charge is -2.14. The van der Waals surface area contributed by atoms with E-state index in [1.54, 1.807) is 0 Å². The summed E-state index contributed by atoms with van der Waals surface area (Å²) in [6, 6.07) is 21.1. The van der Waals surface area contributed by atoms with Crippen molar-refractivity contribution in [3.63, 3.8) is 0 Å². The third-order valence-electron chi connectivity index (χ3n) is 7.82. The van der Waals surface area contributed by atoms with Gasteiger partial charge in [0.2, 0.25) is 11.8 Å². The lowest BCUT2D eigenvalue weighted by atomic mass is 10.1. The van der Waals surface area contributed by atoms with Gasteiger partial charge in [0.25, 0.3) is 0 Å². The number of rotatable bonds is 7. The van der Waals surface area contributed by atoms with Crippen LogP contribution < -0.4 is 16.0 Å². The molecule has 0 aliphatic heterocycles. The van der Waals surface area contributed by atoms with Crippen molar-refractivity contribution in [1.82, 2.24) is 10.3 Å². The number of nitrogens with one attached hydrogen (secondary N) is 3. The Bertz CT molecular complexity index is 1440. The highest BCUT2D eigenvalue weighted by Crippen LogP contribution is 2.32. The van der Waals surface area contributed by atoms with Gasteiger partial charge in [0.05, 0.1) is 10.2 Å². The van der Waals surface area contributed by atoms with E-state index in [-0.39, 0.29) is 23.7 Å². The minimum atomic E-state index is 0.00696. The standard InChI is InChI=1S/C30H32N4O2S/c35-28(21-6-2-3-7-21)34-30-33-26-14-13-25(17-27(26)37-30)32-29(36)23-11-12-24(16-23)31-18-19-9-10-20-5-1-4-8-22(20)15-19/h1,4-5,8-10,13-15,17,21,23-24,31H,2-3,6-7,11-12,16,18H2,(H,32,36)(H,33,34,35)/t23-,24+/m1/s1. The molecule has 37 heavy (non-hydrogen) atoms. The molecular formula is C30H32N4O2S. The van der Waals surface area contributed by atoms with E-state index in [4.69, 9.17) is 0 Å². The molecule has 0 spiro atoms. The maximum absolute atomic E-state index is 13.0. The van der Waals surface area contributed by atoms with E-state index in [0.717, 1.165) is 67.4 Å². The molecule has 6 rings (SSSR count). The Balaban J connectivity index is 1.02. The van der Waals surface area contributed by atoms with Gasteiger partial charge in [-0.05, 0) is 72.7 Å². The fraction of sp³-hybridized carbons (Fsp3) is 0.367. The second-order valence-corrected chi connectivity index (χ2v) is 11.5. The van der Waals surface area contributed by atoms with E-state index in [1.807, 2.05) is 18.2 Å². The molecular weight excluding hydrogens is 480 g/mol. The number of thiazole rings is 1. The molecule has 4 aromatic rings. The van der Waals surface area contributed by atoms with Crippen molar-refractivity contribution in [3.05, 3.63) is 66.2 Å². The Morgan fingerprint density at radius 2 is 1.65 bits per heavy atom. The summed E-state index contributed by atoms with van der Waals surface area (Å²) in [7, 11) is 0. The minimum Gasteiger partial charge on any atom is -0.326 e. The summed E-state index contributed by atoms with van der Waals surface area (Å²) in [5.74, 6) is 0.274. The maximum atomic E-state index is 13.0. The fourth-order valence-corrected chi connectivity index (χ4v) is 6.62. The van der Waals surface area contributed by atoms with Crippen LogP contribution in [0.5, 0.6) is 0 Å². The fourth-order valence-electron chi connectivity index (χ4n) is 5.71. The maximum Gasteiger partial charge on any atom is 0.229 e. The number of fused-ring (bicyclic) bond motifs is 2. The number of carbonyl (C=O) groups excluding carboxylic acids is 2. The van der Waals surface area contributed by atoms with Gasteiger partial charge in [-0.15, -0.1) is 0 Å². The average molecular weight is 513 g/mol. The molecule has 2 amide bonds. The molecule has 0 radical (unpaired) electrons. The smallest absolute Gasteiger partial charge is 0.229 e. The molecule has 3 aromatic carbocycles. The molecule has 2 aliphatic carbocycles. The molecule has 2 atom stereocenters. The van der Waals surface area contributed by atoms with Gasteiger partial charge in [0.15, 0.2) is 5.13 Å². The molecule has 0 saturated heterocycles. The summed E-state index contributed by atoms with van der Waals surface area (Å²) in [5, 5.41) is 12.9. The highest BCUT2D eigenvalue weighted by Gasteiger charge is 2.30. The zero-order chi connectivity index (χ0) is 25.2. The van der Waals surface area contributed by atoms with Gasteiger partial charge in [0, 0.05) is 30.1 Å². The Hall–Kier alpha value is -3.29. The molecule has 0 unspecified atom stereocenters. The summed E-state index contributed by atoms with van der Waals surface area (Å²) in [6.45, 7) is 0.811. The van der Waals surface area contributed by atoms with Crippen LogP contribution in [-0.4, -0.2) is 22.8 Å². The number of nitrogens with zero attached hydrogens (tertiary/aromatic N) is 1. The number of amides is 2. The highest BCUT2D eigenvalue weighted by atomic mass is 32.1. The SMILES string of the molecule is O=C(Nc1nc2ccc(NC(=O)[C@@H]3CC[C@H](NCc4ccc5ccccc5c4)C3)cc2s1)C1CCCC1. The van der Waals surface area contributed by atoms with Crippen molar-refractivity contribution in [1.29, 1.82) is 0 Å². The Morgan fingerprint density at radius 1 is 0.838 bits per heavy atom. The third-order valence-corrected chi connectivity index (χ3v) is 8.76. The third kappa shape index (κ3) is 5.53. The van der Waals surface area contributed by atoms with Gasteiger partial charge in [0.1, 0.15) is 0 Å². The quantitative estimate of drug-likeness (QED) is 0.265. The minimum absolute atomic E-state index is 0.00696. The van der Waals surface area contributed by atoms with Gasteiger partial charge in [-0.1, -0.05) is 60.6 Å². The summed E-state index contributed by atoms with van der Waals surface area (Å²) < 4.78 is 0.959. The molecule has 7 heteroatoms. The summed E-state index contributed by atoms with van der Waals surface area (Å²) >= 11 is 1.46. The van der Waals surface area contributed by atoms with Gasteiger partial charge in [-0.3, -0.25) is 9.59 Å². The monoisotopic (exact) mass is 512 g/mol. The van der Waals surface area contributed by atoms with Crippen molar-refractivity contribution in [2.24, 2.45) is 11.8 Å². The van der Waals surface area contributed by atoms with Crippen molar-refractivity contribution in [2.45, 2.75) is 57.5 Å². The van der Waals surface area contributed by atoms with E-state index in [2.05, 4.69) is 63.4 Å². The number of anilines is 2. The van der Waals surface area contributed by atoms with Gasteiger partial charge in [-0.25, -0.2) is 4.98 Å². The van der Waals surface area contributed by atoms with E-state index in [9.17, 15) is 9.59 Å². The lowest BCUT2D eigenvalue weighted by Crippen LogP contribution is -2.28. The molecule has 2 fully saturated rings. The number of hydrogen-bond acceptors (Lipinski definition) is 5. The van der Waals surface area contributed by atoms with E-state index >= 15 is 0 Å². The topological polar surface area (TPSA) is 83.1 Å². The molecule has 2 saturated carbocycles. The predicted molar refractivity (Wildman–Crippen MR) is 151 cm³/mol. The highest BCUT2D eigenvalue weighted by molar-refractivity contribution is 7.22. The summed E-state index contributed by atoms with van der Waals surface area (Å²) in [4.78, 5) is 30.0. The Labute approximate surface area is 220 Å². The second kappa shape index (κ2) is 10.6. The molecule has 3 N–H and O–H groups in total. The van der Waals surface area contributed by atoms with Crippen LogP contribution >= 0.6 is 11.3 Å². The van der Waals surface area contributed by atoms with Crippen molar-refractivity contribution in [3.8, 4) is 0 Å². The van der Waals surface area contributed by atoms with E-state index in [1.165, 1.54) is 27.7 Å². The number of benzene rings is 3. The molecule has 2 aliphatic rings. The van der Waals surface area contributed by atoms with Crippen LogP contribution in [0.25, 0.3) is 21.0 Å². The van der Waals surface area contributed by atoms with Crippen molar-refractivity contribution >= 4 is 55.0 Å². The van der Waals surface area contributed by atoms with Crippen LogP contribution in [0.3, 0.4) is 0 Å². The van der Waals surface area contributed by atoms with Crippen molar-refractivity contribution in [2.75, 3.05) is 10.6 Å². The zero-order valence-electron chi connectivity index (χ0n) is 20.8. The molecule has 1 heterocycles. The van der Waals surface area contributed by atoms with Crippen LogP contribution in [0.1, 0.15) is 50.5 Å². The molecule has 1 aromatic heterocycles. The van der Waals surface area contributed by atoms with Crippen LogP contribution in [0.4, 0.5) is 10.8 Å². The Kier molecular flexibility index (Phi) is 6.89. The first-order valence-corrected chi connectivity index (χ1v) is 14.2. The molecule has 0 bridgehead atoms. The average Bonchev–Trinajstić information content (AvgIpc) is 3.68. The van der Waals surface area contributed by atoms with E-state index in [0.29, 0.717) is 11.2 Å². The molecule has 190 valence electrons. The molecule has 6 nitrogen and oxygen atoms in total. The second-order valence-electron chi connectivity index (χ2n) is 10.4. The van der Waals surface area contributed by atoms with E-state index < -0.39 is 0 Å². The van der Waals surface area contributed by atoms with Gasteiger partial charge in [-0.2, -0.15) is 0 Å². The normalized spacial score (nSPS) is 20.0. The van der Waals surface area contributed by atoms with Crippen LogP contribution in [0.2, 0.25) is 0 Å². The first-order valence-electron chi connectivity index (χ1n) is 13.3. The zero-order valence-corrected chi connectivity index (χ0v) is 21.7. The first-order chi connectivity index (χ1) is 18.1. The number of carbonyl (C=O) groups is 2. The first kappa shape index (κ1) is 24.1. The summed E-state index contributed by atoms with van der Waals surface area (Å²) in [5.41, 5.74) is 2.88. The largest absolute Gasteiger partial charge is 0.326 e. The van der Waals surface area contributed by atoms with Crippen LogP contribution in [-0.2, 0) is 16.1 Å². The van der Waals surface area contributed by atoms with Gasteiger partial charge < -0.3 is 16.0 Å². The van der Waals surface area contributed by atoms with Crippen molar-refractivity contribution < 1.29 is 9.59 Å². The predicted octanol–water partition coefficient (Wildman–Crippen LogP) is 6.48. The summed E-state index contributed by atoms with van der Waals surface area (Å²) in [6.07, 6.45) is 6.93. The van der Waals surface area contributed by atoms with Crippen LogP contribution in [0, 0.1) is 11.8 Å². The van der Waals surface area contributed by atoms with Crippen LogP contribution in [0.15, 0.2) is 60.7 Å². The number of hydrogen-bond donors (Lipinski definition) is 3. The number of aromatic nitrogens is 1. The van der Waals surface area contributed by atoms with Gasteiger partial charge >= 0.3 is 0 Å². The lowest BCUT2D eigenvalue weighted by molar-refractivity contribution is -0.120. The Morgan fingerprint density at radius 3 is 2.51 bits per heavy atom.